The molecule has 104 valence electrons. The summed E-state index contributed by atoms with van der Waals surface area (Å²) in [6, 6.07) is 10.5. The van der Waals surface area contributed by atoms with Crippen molar-refractivity contribution in [1.29, 1.82) is 0 Å². The van der Waals surface area contributed by atoms with E-state index in [0.29, 0.717) is 5.82 Å². The van der Waals surface area contributed by atoms with E-state index in [1.165, 1.54) is 5.56 Å². The molecule has 1 aromatic heterocycles. The van der Waals surface area contributed by atoms with Gasteiger partial charge in [0.05, 0.1) is 5.69 Å². The molecule has 0 saturated carbocycles. The van der Waals surface area contributed by atoms with Crippen molar-refractivity contribution >= 4 is 11.9 Å². The topological polar surface area (TPSA) is 47.2 Å². The highest BCUT2D eigenvalue weighted by molar-refractivity contribution is 5.50. The van der Waals surface area contributed by atoms with Gasteiger partial charge in [0.15, 0.2) is 5.82 Å². The largest absolute Gasteiger partial charge is 0.250 e. The summed E-state index contributed by atoms with van der Waals surface area (Å²) in [7, 11) is 1.80. The lowest BCUT2D eigenvalue weighted by atomic mass is 10.0. The molecule has 0 unspecified atom stereocenters. The van der Waals surface area contributed by atoms with E-state index in [1.54, 1.807) is 17.8 Å². The van der Waals surface area contributed by atoms with E-state index < -0.39 is 0 Å². The number of unbranched alkanes of at least 4 members (excludes halogenated alkanes) is 1. The number of nitrogens with zero attached hydrogens (tertiary/aromatic N) is 3. The molecule has 0 N–H and O–H groups in total. The number of rotatable bonds is 6. The smallest absolute Gasteiger partial charge is 0.242 e. The third-order valence-electron chi connectivity index (χ3n) is 3.45. The van der Waals surface area contributed by atoms with E-state index >= 15 is 0 Å². The summed E-state index contributed by atoms with van der Waals surface area (Å²) in [5, 5.41) is 4.31. The first kappa shape index (κ1) is 14.2. The molecule has 0 radical (unpaired) electrons. The SMILES string of the molecule is Cc1nn(C)c(N=C=O)c1CCCCc1ccccc1. The van der Waals surface area contributed by atoms with Gasteiger partial charge in [-0.25, -0.2) is 9.48 Å². The van der Waals surface area contributed by atoms with E-state index in [9.17, 15) is 4.79 Å². The summed E-state index contributed by atoms with van der Waals surface area (Å²) >= 11 is 0. The molecule has 0 aliphatic rings. The van der Waals surface area contributed by atoms with E-state index in [1.807, 2.05) is 13.0 Å². The Labute approximate surface area is 119 Å². The number of carbonyl (C=O) groups excluding carboxylic acids is 1. The first-order valence-corrected chi connectivity index (χ1v) is 6.86. The van der Waals surface area contributed by atoms with Crippen LogP contribution in [0.4, 0.5) is 5.82 Å². The molecule has 2 rings (SSSR count). The van der Waals surface area contributed by atoms with Gasteiger partial charge in [0.2, 0.25) is 6.08 Å². The molecule has 1 heterocycles. The third kappa shape index (κ3) is 3.43. The molecule has 20 heavy (non-hydrogen) atoms. The van der Waals surface area contributed by atoms with Crippen LogP contribution in [0.2, 0.25) is 0 Å². The second kappa shape index (κ2) is 6.83. The number of hydrogen-bond donors (Lipinski definition) is 0. The van der Waals surface area contributed by atoms with Gasteiger partial charge in [0.25, 0.3) is 0 Å². The Kier molecular flexibility index (Phi) is 4.85. The number of isocyanates is 1. The van der Waals surface area contributed by atoms with Crippen LogP contribution in [-0.2, 0) is 24.7 Å². The zero-order valence-electron chi connectivity index (χ0n) is 12.0. The Morgan fingerprint density at radius 3 is 2.60 bits per heavy atom. The first-order chi connectivity index (χ1) is 9.72. The Morgan fingerprint density at radius 1 is 1.20 bits per heavy atom. The van der Waals surface area contributed by atoms with Crippen LogP contribution < -0.4 is 0 Å². The van der Waals surface area contributed by atoms with Gasteiger partial charge in [-0.2, -0.15) is 5.10 Å². The monoisotopic (exact) mass is 269 g/mol. The highest BCUT2D eigenvalue weighted by atomic mass is 16.1. The first-order valence-electron chi connectivity index (χ1n) is 6.86. The lowest BCUT2D eigenvalue weighted by Crippen LogP contribution is -1.91. The number of hydrogen-bond acceptors (Lipinski definition) is 3. The van der Waals surface area contributed by atoms with E-state index in [2.05, 4.69) is 34.4 Å². The maximum atomic E-state index is 10.5. The van der Waals surface area contributed by atoms with E-state index in [4.69, 9.17) is 0 Å². The normalized spacial score (nSPS) is 10.3. The van der Waals surface area contributed by atoms with Crippen LogP contribution in [0.25, 0.3) is 0 Å². The van der Waals surface area contributed by atoms with Crippen LogP contribution in [0, 0.1) is 6.92 Å². The molecule has 0 aliphatic carbocycles. The van der Waals surface area contributed by atoms with Crippen LogP contribution in [0.15, 0.2) is 35.3 Å². The van der Waals surface area contributed by atoms with Crippen LogP contribution in [0.5, 0.6) is 0 Å². The Morgan fingerprint density at radius 2 is 1.90 bits per heavy atom. The standard InChI is InChI=1S/C16H19N3O/c1-13-15(16(17-12-20)19(2)18-13)11-7-6-10-14-8-4-3-5-9-14/h3-5,8-9H,6-7,10-11H2,1-2H3. The summed E-state index contributed by atoms with van der Waals surface area (Å²) in [6.07, 6.45) is 5.75. The van der Waals surface area contributed by atoms with Gasteiger partial charge in [-0.3, -0.25) is 0 Å². The molecule has 1 aromatic carbocycles. The van der Waals surface area contributed by atoms with E-state index in [0.717, 1.165) is 36.9 Å². The van der Waals surface area contributed by atoms with Crippen molar-refractivity contribution in [3.8, 4) is 0 Å². The lowest BCUT2D eigenvalue weighted by Gasteiger charge is -2.02. The maximum Gasteiger partial charge on any atom is 0.242 e. The van der Waals surface area contributed by atoms with Crippen molar-refractivity contribution in [3.05, 3.63) is 47.2 Å². The quantitative estimate of drug-likeness (QED) is 0.459. The number of benzene rings is 1. The lowest BCUT2D eigenvalue weighted by molar-refractivity contribution is 0.564. The van der Waals surface area contributed by atoms with Crippen LogP contribution >= 0.6 is 0 Å². The maximum absolute atomic E-state index is 10.5. The molecule has 0 fully saturated rings. The van der Waals surface area contributed by atoms with Gasteiger partial charge < -0.3 is 0 Å². The van der Waals surface area contributed by atoms with Gasteiger partial charge in [-0.05, 0) is 38.2 Å². The fraction of sp³-hybridized carbons (Fsp3) is 0.375. The van der Waals surface area contributed by atoms with Crippen LogP contribution in [0.1, 0.15) is 29.7 Å². The molecule has 0 bridgehead atoms. The second-order valence-electron chi connectivity index (χ2n) is 4.91. The van der Waals surface area contributed by atoms with Crippen molar-refractivity contribution in [3.63, 3.8) is 0 Å². The minimum Gasteiger partial charge on any atom is -0.250 e. The fourth-order valence-electron chi connectivity index (χ4n) is 2.44. The second-order valence-corrected chi connectivity index (χ2v) is 4.91. The van der Waals surface area contributed by atoms with Gasteiger partial charge >= 0.3 is 0 Å². The molecule has 0 atom stereocenters. The molecule has 0 amide bonds. The molecular weight excluding hydrogens is 250 g/mol. The van der Waals surface area contributed by atoms with Gasteiger partial charge in [0.1, 0.15) is 0 Å². The van der Waals surface area contributed by atoms with Crippen molar-refractivity contribution in [1.82, 2.24) is 9.78 Å². The van der Waals surface area contributed by atoms with Crippen LogP contribution in [-0.4, -0.2) is 15.9 Å². The average molecular weight is 269 g/mol. The molecule has 0 saturated heterocycles. The molecule has 4 nitrogen and oxygen atoms in total. The number of aryl methyl sites for hydroxylation is 3. The van der Waals surface area contributed by atoms with Crippen LogP contribution in [0.3, 0.4) is 0 Å². The summed E-state index contributed by atoms with van der Waals surface area (Å²) < 4.78 is 1.65. The Balaban J connectivity index is 1.93. The predicted molar refractivity (Wildman–Crippen MR) is 78.8 cm³/mol. The van der Waals surface area contributed by atoms with Gasteiger partial charge in [0, 0.05) is 12.6 Å². The fourth-order valence-corrected chi connectivity index (χ4v) is 2.44. The van der Waals surface area contributed by atoms with Crippen molar-refractivity contribution in [2.24, 2.45) is 12.0 Å². The highest BCUT2D eigenvalue weighted by Crippen LogP contribution is 2.23. The van der Waals surface area contributed by atoms with Crippen molar-refractivity contribution < 1.29 is 4.79 Å². The Bertz CT molecular complexity index is 610. The van der Waals surface area contributed by atoms with Crippen molar-refractivity contribution in [2.45, 2.75) is 32.6 Å². The number of aromatic nitrogens is 2. The predicted octanol–water partition coefficient (Wildman–Crippen LogP) is 3.26. The molecular formula is C16H19N3O. The third-order valence-corrected chi connectivity index (χ3v) is 3.45. The number of aliphatic imine (C=N–C) groups is 1. The average Bonchev–Trinajstić information content (AvgIpc) is 2.71. The zero-order chi connectivity index (χ0) is 14.4. The van der Waals surface area contributed by atoms with Gasteiger partial charge in [-0.1, -0.05) is 30.3 Å². The molecule has 2 aromatic rings. The minimum atomic E-state index is 0.636. The Hall–Kier alpha value is -2.19. The van der Waals surface area contributed by atoms with Crippen molar-refractivity contribution in [2.75, 3.05) is 0 Å². The molecule has 0 spiro atoms. The minimum absolute atomic E-state index is 0.636. The summed E-state index contributed by atoms with van der Waals surface area (Å²) in [5.74, 6) is 0.636. The summed E-state index contributed by atoms with van der Waals surface area (Å²) in [4.78, 5) is 14.2. The zero-order valence-corrected chi connectivity index (χ0v) is 12.0. The highest BCUT2D eigenvalue weighted by Gasteiger charge is 2.12. The summed E-state index contributed by atoms with van der Waals surface area (Å²) in [5.41, 5.74) is 3.37. The molecule has 0 aliphatic heterocycles. The van der Waals surface area contributed by atoms with Gasteiger partial charge in [-0.15, -0.1) is 4.99 Å². The molecule has 4 heteroatoms. The van der Waals surface area contributed by atoms with E-state index in [-0.39, 0.29) is 0 Å². The summed E-state index contributed by atoms with van der Waals surface area (Å²) in [6.45, 7) is 1.95.